The van der Waals surface area contributed by atoms with Crippen molar-refractivity contribution in [2.45, 2.75) is 38.8 Å². The highest BCUT2D eigenvalue weighted by molar-refractivity contribution is 7.22. The molecule has 0 saturated carbocycles. The maximum absolute atomic E-state index is 11.8. The molecule has 1 aromatic carbocycles. The van der Waals surface area contributed by atoms with Crippen LogP contribution in [-0.4, -0.2) is 35.8 Å². The molecule has 1 aliphatic rings. The Labute approximate surface area is 134 Å². The number of carbonyl (C=O) groups is 1. The summed E-state index contributed by atoms with van der Waals surface area (Å²) in [7, 11) is 0. The number of benzene rings is 1. The molecule has 0 aliphatic carbocycles. The summed E-state index contributed by atoms with van der Waals surface area (Å²) in [5.74, 6) is 0. The van der Waals surface area contributed by atoms with E-state index in [9.17, 15) is 4.79 Å². The van der Waals surface area contributed by atoms with Crippen LogP contribution < -0.4 is 10.2 Å². The third kappa shape index (κ3) is 3.50. The van der Waals surface area contributed by atoms with Gasteiger partial charge in [0.2, 0.25) is 0 Å². The van der Waals surface area contributed by atoms with Crippen molar-refractivity contribution in [1.82, 2.24) is 10.3 Å². The first-order chi connectivity index (χ1) is 10.4. The monoisotopic (exact) mass is 319 g/mol. The van der Waals surface area contributed by atoms with Crippen molar-refractivity contribution in [3.8, 4) is 0 Å². The van der Waals surface area contributed by atoms with Gasteiger partial charge >= 0.3 is 6.09 Å². The van der Waals surface area contributed by atoms with E-state index in [-0.39, 0.29) is 12.1 Å². The number of fused-ring (bicyclic) bond motifs is 1. The van der Waals surface area contributed by atoms with Crippen LogP contribution in [0.15, 0.2) is 24.3 Å². The van der Waals surface area contributed by atoms with Gasteiger partial charge in [-0.2, -0.15) is 0 Å². The zero-order chi connectivity index (χ0) is 15.7. The number of para-hydroxylation sites is 1. The lowest BCUT2D eigenvalue weighted by atomic mass is 10.2. The third-order valence-electron chi connectivity index (χ3n) is 3.46. The number of carbonyl (C=O) groups excluding carboxylic acids is 1. The number of ether oxygens (including phenoxy) is 1. The Balaban J connectivity index is 1.61. The van der Waals surface area contributed by atoms with Crippen molar-refractivity contribution in [2.24, 2.45) is 0 Å². The molecule has 2 aromatic rings. The van der Waals surface area contributed by atoms with Crippen LogP contribution in [0.5, 0.6) is 0 Å². The number of hydrogen-bond acceptors (Lipinski definition) is 5. The summed E-state index contributed by atoms with van der Waals surface area (Å²) in [6.07, 6.45) is 0.568. The maximum atomic E-state index is 11.8. The second kappa shape index (κ2) is 5.76. The molecule has 1 N–H and O–H groups in total. The standard InChI is InChI=1S/C16H21N3O2S/c1-16(2,3)21-15(20)17-11-8-9-19(10-11)14-18-12-6-4-5-7-13(12)22-14/h4-7,11H,8-10H2,1-3H3,(H,17,20). The number of alkyl carbamates (subject to hydrolysis) is 1. The largest absolute Gasteiger partial charge is 0.444 e. The predicted molar refractivity (Wildman–Crippen MR) is 89.6 cm³/mol. The zero-order valence-electron chi connectivity index (χ0n) is 13.1. The van der Waals surface area contributed by atoms with Crippen LogP contribution >= 0.6 is 11.3 Å². The fraction of sp³-hybridized carbons (Fsp3) is 0.500. The SMILES string of the molecule is CC(C)(C)OC(=O)NC1CCN(c2nc3ccccc3s2)C1. The number of nitrogens with zero attached hydrogens (tertiary/aromatic N) is 2. The van der Waals surface area contributed by atoms with Crippen molar-refractivity contribution in [1.29, 1.82) is 0 Å². The molecule has 6 heteroatoms. The molecule has 1 fully saturated rings. The fourth-order valence-corrected chi connectivity index (χ4v) is 3.52. The van der Waals surface area contributed by atoms with E-state index in [0.29, 0.717) is 0 Å². The quantitative estimate of drug-likeness (QED) is 0.922. The van der Waals surface area contributed by atoms with Crippen LogP contribution in [0.3, 0.4) is 0 Å². The number of amides is 1. The van der Waals surface area contributed by atoms with E-state index in [1.54, 1.807) is 11.3 Å². The van der Waals surface area contributed by atoms with Crippen molar-refractivity contribution in [3.05, 3.63) is 24.3 Å². The van der Waals surface area contributed by atoms with E-state index in [2.05, 4.69) is 21.3 Å². The summed E-state index contributed by atoms with van der Waals surface area (Å²) < 4.78 is 6.50. The van der Waals surface area contributed by atoms with Gasteiger partial charge in [-0.15, -0.1) is 0 Å². The molecule has 3 rings (SSSR count). The van der Waals surface area contributed by atoms with E-state index in [4.69, 9.17) is 4.74 Å². The van der Waals surface area contributed by atoms with E-state index in [1.807, 2.05) is 39.0 Å². The molecule has 0 radical (unpaired) electrons. The van der Waals surface area contributed by atoms with Gasteiger partial charge in [0.05, 0.1) is 16.3 Å². The van der Waals surface area contributed by atoms with Crippen LogP contribution in [0, 0.1) is 0 Å². The molecule has 22 heavy (non-hydrogen) atoms. The van der Waals surface area contributed by atoms with Gasteiger partial charge < -0.3 is 15.0 Å². The summed E-state index contributed by atoms with van der Waals surface area (Å²) in [5, 5.41) is 3.97. The Bertz CT molecular complexity index is 644. The van der Waals surface area contributed by atoms with Gasteiger partial charge in [-0.25, -0.2) is 9.78 Å². The van der Waals surface area contributed by atoms with Gasteiger partial charge in [0.1, 0.15) is 5.60 Å². The molecule has 1 saturated heterocycles. The Kier molecular flexibility index (Phi) is 3.95. The highest BCUT2D eigenvalue weighted by atomic mass is 32.1. The first-order valence-electron chi connectivity index (χ1n) is 7.51. The Morgan fingerprint density at radius 3 is 2.91 bits per heavy atom. The summed E-state index contributed by atoms with van der Waals surface area (Å²) in [6, 6.07) is 8.26. The van der Waals surface area contributed by atoms with Gasteiger partial charge in [0.15, 0.2) is 5.13 Å². The minimum Gasteiger partial charge on any atom is -0.444 e. The van der Waals surface area contributed by atoms with Crippen molar-refractivity contribution < 1.29 is 9.53 Å². The second-order valence-corrected chi connectivity index (χ2v) is 7.55. The molecule has 1 aliphatic heterocycles. The summed E-state index contributed by atoms with van der Waals surface area (Å²) in [4.78, 5) is 18.7. The van der Waals surface area contributed by atoms with Crippen molar-refractivity contribution >= 4 is 32.8 Å². The first-order valence-corrected chi connectivity index (χ1v) is 8.32. The fourth-order valence-electron chi connectivity index (χ4n) is 2.52. The number of anilines is 1. The minimum atomic E-state index is -0.463. The van der Waals surface area contributed by atoms with Gasteiger partial charge in [0.25, 0.3) is 0 Å². The van der Waals surface area contributed by atoms with Crippen LogP contribution in [0.1, 0.15) is 27.2 Å². The molecule has 118 valence electrons. The highest BCUT2D eigenvalue weighted by Gasteiger charge is 2.27. The van der Waals surface area contributed by atoms with Crippen molar-refractivity contribution in [3.63, 3.8) is 0 Å². The average Bonchev–Trinajstić information content (AvgIpc) is 3.01. The molecule has 1 atom stereocenters. The van der Waals surface area contributed by atoms with Gasteiger partial charge in [0, 0.05) is 13.1 Å². The van der Waals surface area contributed by atoms with Crippen LogP contribution in [-0.2, 0) is 4.74 Å². The lowest BCUT2D eigenvalue weighted by Gasteiger charge is -2.21. The van der Waals surface area contributed by atoms with Gasteiger partial charge in [-0.05, 0) is 39.3 Å². The molecular weight excluding hydrogens is 298 g/mol. The molecule has 0 spiro atoms. The number of thiazole rings is 1. The second-order valence-electron chi connectivity index (χ2n) is 6.54. The zero-order valence-corrected chi connectivity index (χ0v) is 13.9. The van der Waals surface area contributed by atoms with Crippen LogP contribution in [0.4, 0.5) is 9.93 Å². The summed E-state index contributed by atoms with van der Waals surface area (Å²) in [5.41, 5.74) is 0.570. The van der Waals surface area contributed by atoms with Crippen LogP contribution in [0.2, 0.25) is 0 Å². The molecular formula is C16H21N3O2S. The topological polar surface area (TPSA) is 54.5 Å². The van der Waals surface area contributed by atoms with E-state index in [1.165, 1.54) is 4.70 Å². The van der Waals surface area contributed by atoms with Gasteiger partial charge in [-0.3, -0.25) is 0 Å². The molecule has 1 unspecified atom stereocenters. The van der Waals surface area contributed by atoms with Crippen molar-refractivity contribution in [2.75, 3.05) is 18.0 Å². The molecule has 1 aromatic heterocycles. The summed E-state index contributed by atoms with van der Waals surface area (Å²) in [6.45, 7) is 7.29. The number of hydrogen-bond donors (Lipinski definition) is 1. The Morgan fingerprint density at radius 1 is 1.41 bits per heavy atom. The third-order valence-corrected chi connectivity index (χ3v) is 4.56. The molecule has 5 nitrogen and oxygen atoms in total. The highest BCUT2D eigenvalue weighted by Crippen LogP contribution is 2.30. The maximum Gasteiger partial charge on any atom is 0.407 e. The number of rotatable bonds is 2. The Morgan fingerprint density at radius 2 is 2.18 bits per heavy atom. The van der Waals surface area contributed by atoms with Crippen LogP contribution in [0.25, 0.3) is 10.2 Å². The van der Waals surface area contributed by atoms with E-state index < -0.39 is 5.60 Å². The molecule has 1 amide bonds. The normalized spacial score (nSPS) is 18.7. The predicted octanol–water partition coefficient (Wildman–Crippen LogP) is 3.40. The molecule has 2 heterocycles. The average molecular weight is 319 g/mol. The minimum absolute atomic E-state index is 0.113. The summed E-state index contributed by atoms with van der Waals surface area (Å²) >= 11 is 1.70. The lowest BCUT2D eigenvalue weighted by Crippen LogP contribution is -2.40. The number of aromatic nitrogens is 1. The van der Waals surface area contributed by atoms with E-state index in [0.717, 1.165) is 30.2 Å². The van der Waals surface area contributed by atoms with E-state index >= 15 is 0 Å². The first kappa shape index (κ1) is 15.1. The molecule has 0 bridgehead atoms. The van der Waals surface area contributed by atoms with Gasteiger partial charge in [-0.1, -0.05) is 23.5 Å². The number of nitrogens with one attached hydrogen (secondary N) is 1. The Hall–Kier alpha value is -1.82. The smallest absolute Gasteiger partial charge is 0.407 e. The lowest BCUT2D eigenvalue weighted by molar-refractivity contribution is 0.0509.